The van der Waals surface area contributed by atoms with E-state index >= 15 is 0 Å². The Morgan fingerprint density at radius 3 is 3.07 bits per heavy atom. The molecule has 82 valence electrons. The third kappa shape index (κ3) is 3.74. The van der Waals surface area contributed by atoms with Crippen LogP contribution in [0.25, 0.3) is 0 Å². The van der Waals surface area contributed by atoms with Crippen LogP contribution in [0.1, 0.15) is 12.6 Å². The molecule has 4 nitrogen and oxygen atoms in total. The van der Waals surface area contributed by atoms with Gasteiger partial charge in [0.2, 0.25) is 0 Å². The second-order valence-electron chi connectivity index (χ2n) is 3.40. The van der Waals surface area contributed by atoms with E-state index in [0.717, 1.165) is 25.3 Å². The van der Waals surface area contributed by atoms with Crippen molar-refractivity contribution in [1.82, 2.24) is 14.5 Å². The normalized spacial score (nSPS) is 10.5. The molecule has 1 heterocycles. The van der Waals surface area contributed by atoms with E-state index in [1.807, 2.05) is 17.1 Å². The van der Waals surface area contributed by atoms with Gasteiger partial charge in [0.05, 0.1) is 18.6 Å². The van der Waals surface area contributed by atoms with Crippen molar-refractivity contribution in [3.8, 4) is 12.3 Å². The Morgan fingerprint density at radius 2 is 2.47 bits per heavy atom. The first-order valence-electron chi connectivity index (χ1n) is 5.16. The van der Waals surface area contributed by atoms with E-state index < -0.39 is 0 Å². The van der Waals surface area contributed by atoms with Crippen LogP contribution in [-0.2, 0) is 13.1 Å². The van der Waals surface area contributed by atoms with Gasteiger partial charge >= 0.3 is 0 Å². The minimum absolute atomic E-state index is 0.637. The van der Waals surface area contributed by atoms with Crippen LogP contribution >= 0.6 is 0 Å². The minimum atomic E-state index is 0.637. The highest BCUT2D eigenvalue weighted by Gasteiger charge is 2.04. The number of nitrogens with zero attached hydrogens (tertiary/aromatic N) is 3. The Morgan fingerprint density at radius 1 is 1.67 bits per heavy atom. The van der Waals surface area contributed by atoms with Crippen molar-refractivity contribution in [1.29, 1.82) is 0 Å². The maximum Gasteiger partial charge on any atom is 0.0950 e. The van der Waals surface area contributed by atoms with E-state index in [1.165, 1.54) is 0 Å². The van der Waals surface area contributed by atoms with Crippen LogP contribution in [0.2, 0.25) is 0 Å². The van der Waals surface area contributed by atoms with Gasteiger partial charge in [-0.25, -0.2) is 4.98 Å². The minimum Gasteiger partial charge on any atom is -0.336 e. The number of imidazole rings is 1. The van der Waals surface area contributed by atoms with E-state index in [4.69, 9.17) is 12.2 Å². The maximum atomic E-state index is 5.46. The first kappa shape index (κ1) is 11.8. The quantitative estimate of drug-likeness (QED) is 0.681. The average Bonchev–Trinajstić information content (AvgIpc) is 2.66. The summed E-state index contributed by atoms with van der Waals surface area (Å²) in [5.74, 6) is 2.64. The number of hydrogen-bond acceptors (Lipinski definition) is 3. The third-order valence-electron chi connectivity index (χ3n) is 2.22. The average molecular weight is 206 g/mol. The van der Waals surface area contributed by atoms with Gasteiger partial charge in [0.25, 0.3) is 0 Å². The summed E-state index contributed by atoms with van der Waals surface area (Å²) in [4.78, 5) is 6.46. The van der Waals surface area contributed by atoms with Crippen LogP contribution < -0.4 is 5.73 Å². The summed E-state index contributed by atoms with van der Waals surface area (Å²) in [6.45, 7) is 5.95. The van der Waals surface area contributed by atoms with E-state index in [2.05, 4.69) is 22.7 Å². The van der Waals surface area contributed by atoms with Crippen molar-refractivity contribution in [3.05, 3.63) is 18.2 Å². The number of terminal acetylenes is 1. The molecule has 1 aromatic heterocycles. The molecule has 0 unspecified atom stereocenters. The van der Waals surface area contributed by atoms with Crippen molar-refractivity contribution >= 4 is 0 Å². The fourth-order valence-corrected chi connectivity index (χ4v) is 1.40. The molecule has 4 heteroatoms. The van der Waals surface area contributed by atoms with E-state index in [1.54, 1.807) is 0 Å². The topological polar surface area (TPSA) is 47.1 Å². The molecule has 0 aromatic carbocycles. The van der Waals surface area contributed by atoms with Crippen LogP contribution in [-0.4, -0.2) is 34.1 Å². The number of aromatic nitrogens is 2. The van der Waals surface area contributed by atoms with Gasteiger partial charge < -0.3 is 10.3 Å². The lowest BCUT2D eigenvalue weighted by Crippen LogP contribution is -2.23. The summed E-state index contributed by atoms with van der Waals surface area (Å²) < 4.78 is 2.00. The lowest BCUT2D eigenvalue weighted by atomic mass is 10.4. The second kappa shape index (κ2) is 6.23. The zero-order valence-electron chi connectivity index (χ0n) is 9.19. The van der Waals surface area contributed by atoms with Gasteiger partial charge in [-0.1, -0.05) is 12.8 Å². The molecule has 0 spiro atoms. The molecular weight excluding hydrogens is 188 g/mol. The van der Waals surface area contributed by atoms with Crippen molar-refractivity contribution < 1.29 is 0 Å². The lowest BCUT2D eigenvalue weighted by Gasteiger charge is -2.15. The zero-order chi connectivity index (χ0) is 11.1. The van der Waals surface area contributed by atoms with Crippen LogP contribution in [0, 0.1) is 12.3 Å². The van der Waals surface area contributed by atoms with Crippen LogP contribution in [0.4, 0.5) is 0 Å². The predicted molar refractivity (Wildman–Crippen MR) is 61.1 cm³/mol. The highest BCUT2D eigenvalue weighted by atomic mass is 15.1. The van der Waals surface area contributed by atoms with Gasteiger partial charge in [-0.3, -0.25) is 4.90 Å². The molecule has 0 amide bonds. The predicted octanol–water partition coefficient (Wildman–Crippen LogP) is 0.297. The Kier molecular flexibility index (Phi) is 4.88. The van der Waals surface area contributed by atoms with E-state index in [9.17, 15) is 0 Å². The maximum absolute atomic E-state index is 5.46. The van der Waals surface area contributed by atoms with Crippen molar-refractivity contribution in [3.63, 3.8) is 0 Å². The van der Waals surface area contributed by atoms with Crippen LogP contribution in [0.15, 0.2) is 12.5 Å². The molecule has 0 fully saturated rings. The Bertz CT molecular complexity index is 324. The van der Waals surface area contributed by atoms with Crippen LogP contribution in [0.3, 0.4) is 0 Å². The molecule has 0 aliphatic rings. The molecule has 1 rings (SSSR count). The Balaban J connectivity index is 2.52. The van der Waals surface area contributed by atoms with Crippen molar-refractivity contribution in [2.45, 2.75) is 20.0 Å². The molecule has 2 N–H and O–H groups in total. The largest absolute Gasteiger partial charge is 0.336 e. The summed E-state index contributed by atoms with van der Waals surface area (Å²) in [6.07, 6.45) is 9.11. The molecule has 0 aliphatic heterocycles. The summed E-state index contributed by atoms with van der Waals surface area (Å²) in [5, 5.41) is 0. The van der Waals surface area contributed by atoms with Gasteiger partial charge in [0.1, 0.15) is 0 Å². The van der Waals surface area contributed by atoms with Gasteiger partial charge in [0.15, 0.2) is 0 Å². The molecule has 0 saturated carbocycles. The summed E-state index contributed by atoms with van der Waals surface area (Å²) in [7, 11) is 0. The molecule has 0 saturated heterocycles. The van der Waals surface area contributed by atoms with Crippen molar-refractivity contribution in [2.24, 2.45) is 5.73 Å². The number of nitrogens with two attached hydrogens (primary N) is 1. The Labute approximate surface area is 91.1 Å². The van der Waals surface area contributed by atoms with Gasteiger partial charge in [-0.2, -0.15) is 0 Å². The molecule has 0 atom stereocenters. The highest BCUT2D eigenvalue weighted by Crippen LogP contribution is 2.01. The summed E-state index contributed by atoms with van der Waals surface area (Å²) in [6, 6.07) is 0. The fraction of sp³-hybridized carbons (Fsp3) is 0.545. The summed E-state index contributed by atoms with van der Waals surface area (Å²) >= 11 is 0. The molecule has 0 radical (unpaired) electrons. The molecule has 0 bridgehead atoms. The molecule has 15 heavy (non-hydrogen) atoms. The molecule has 1 aromatic rings. The van der Waals surface area contributed by atoms with Gasteiger partial charge in [-0.05, 0) is 6.54 Å². The monoisotopic (exact) mass is 206 g/mol. The van der Waals surface area contributed by atoms with E-state index in [0.29, 0.717) is 13.1 Å². The molecular formula is C11H18N4. The third-order valence-corrected chi connectivity index (χ3v) is 2.22. The smallest absolute Gasteiger partial charge is 0.0950 e. The highest BCUT2D eigenvalue weighted by molar-refractivity contribution is 4.98. The fourth-order valence-electron chi connectivity index (χ4n) is 1.40. The second-order valence-corrected chi connectivity index (χ2v) is 3.40. The molecule has 0 aliphatic carbocycles. The van der Waals surface area contributed by atoms with Gasteiger partial charge in [-0.15, -0.1) is 6.42 Å². The standard InChI is InChI=1S/C11H18N4/c1-3-6-14(4-2)8-11-9-15(7-5-12)10-13-11/h1,9-10H,4-8,12H2,2H3. The van der Waals surface area contributed by atoms with Crippen LogP contribution in [0.5, 0.6) is 0 Å². The zero-order valence-corrected chi connectivity index (χ0v) is 9.19. The van der Waals surface area contributed by atoms with E-state index in [-0.39, 0.29) is 0 Å². The SMILES string of the molecule is C#CCN(CC)Cc1cn(CCN)cn1. The first-order chi connectivity index (χ1) is 7.30. The first-order valence-corrected chi connectivity index (χ1v) is 5.16. The Hall–Kier alpha value is -1.31. The number of rotatable bonds is 6. The number of hydrogen-bond donors (Lipinski definition) is 1. The van der Waals surface area contributed by atoms with Crippen molar-refractivity contribution in [2.75, 3.05) is 19.6 Å². The van der Waals surface area contributed by atoms with Gasteiger partial charge in [0, 0.05) is 25.8 Å². The lowest BCUT2D eigenvalue weighted by molar-refractivity contribution is 0.312. The summed E-state index contributed by atoms with van der Waals surface area (Å²) in [5.41, 5.74) is 6.50.